The van der Waals surface area contributed by atoms with Gasteiger partial charge in [0, 0.05) is 6.42 Å². The first-order chi connectivity index (χ1) is 12.7. The maximum atomic E-state index is 12.0. The highest BCUT2D eigenvalue weighted by Crippen LogP contribution is 2.27. The third-order valence-corrected chi connectivity index (χ3v) is 5.73. The van der Waals surface area contributed by atoms with Gasteiger partial charge in [-0.05, 0) is 70.6 Å². The van der Waals surface area contributed by atoms with E-state index in [9.17, 15) is 9.59 Å². The molecule has 26 heavy (non-hydrogen) atoms. The zero-order valence-corrected chi connectivity index (χ0v) is 15.7. The first-order valence-corrected chi connectivity index (χ1v) is 10.4. The monoisotopic (exact) mass is 368 g/mol. The van der Waals surface area contributed by atoms with Crippen LogP contribution in [0.4, 0.5) is 9.59 Å². The molecular weight excluding hydrogens is 336 g/mol. The Labute approximate surface area is 155 Å². The molecule has 0 bridgehead atoms. The summed E-state index contributed by atoms with van der Waals surface area (Å²) in [6, 6.07) is 0. The normalized spacial score (nSPS) is 28.2. The standard InChI is InChI=1S/C20H32O6/c21-19(23-15-8-3-1-4-9-15)25-17-12-7-13-18(14-17)26-20(22)24-16-10-5-2-6-11-16/h15-18H,1-14H2. The fourth-order valence-corrected chi connectivity index (χ4v) is 4.28. The fourth-order valence-electron chi connectivity index (χ4n) is 4.28. The van der Waals surface area contributed by atoms with Gasteiger partial charge in [0.25, 0.3) is 0 Å². The van der Waals surface area contributed by atoms with Crippen LogP contribution in [0.2, 0.25) is 0 Å². The summed E-state index contributed by atoms with van der Waals surface area (Å²) >= 11 is 0. The molecule has 0 spiro atoms. The molecule has 3 rings (SSSR count). The van der Waals surface area contributed by atoms with Gasteiger partial charge in [-0.25, -0.2) is 9.59 Å². The Morgan fingerprint density at radius 3 is 1.23 bits per heavy atom. The van der Waals surface area contributed by atoms with Gasteiger partial charge in [0.2, 0.25) is 0 Å². The van der Waals surface area contributed by atoms with Gasteiger partial charge in [0.15, 0.2) is 0 Å². The molecule has 3 saturated carbocycles. The Morgan fingerprint density at radius 1 is 0.462 bits per heavy atom. The quantitative estimate of drug-likeness (QED) is 0.630. The van der Waals surface area contributed by atoms with Gasteiger partial charge in [-0.3, -0.25) is 0 Å². The summed E-state index contributed by atoms with van der Waals surface area (Å²) in [5, 5.41) is 0. The van der Waals surface area contributed by atoms with Crippen LogP contribution >= 0.6 is 0 Å². The van der Waals surface area contributed by atoms with Crippen molar-refractivity contribution in [3.05, 3.63) is 0 Å². The van der Waals surface area contributed by atoms with E-state index in [1.165, 1.54) is 12.8 Å². The molecule has 3 fully saturated rings. The molecule has 0 heterocycles. The van der Waals surface area contributed by atoms with E-state index in [1.807, 2.05) is 0 Å². The van der Waals surface area contributed by atoms with Crippen LogP contribution in [0.25, 0.3) is 0 Å². The molecule has 3 aliphatic rings. The lowest BCUT2D eigenvalue weighted by molar-refractivity contribution is -0.0544. The smallest absolute Gasteiger partial charge is 0.431 e. The first kappa shape index (κ1) is 19.3. The Balaban J connectivity index is 1.36. The minimum atomic E-state index is -0.577. The summed E-state index contributed by atoms with van der Waals surface area (Å²) in [5.74, 6) is 0. The molecule has 0 aromatic carbocycles. The van der Waals surface area contributed by atoms with Crippen LogP contribution in [0, 0.1) is 0 Å². The summed E-state index contributed by atoms with van der Waals surface area (Å²) in [6.07, 6.45) is 11.9. The summed E-state index contributed by atoms with van der Waals surface area (Å²) in [5.41, 5.74) is 0. The average Bonchev–Trinajstić information content (AvgIpc) is 2.63. The van der Waals surface area contributed by atoms with Gasteiger partial charge in [-0.1, -0.05) is 12.8 Å². The number of hydrogen-bond donors (Lipinski definition) is 0. The van der Waals surface area contributed by atoms with E-state index in [-0.39, 0.29) is 24.4 Å². The molecule has 0 aromatic heterocycles. The molecule has 0 amide bonds. The van der Waals surface area contributed by atoms with E-state index >= 15 is 0 Å². The van der Waals surface area contributed by atoms with E-state index in [1.54, 1.807) is 0 Å². The highest BCUT2D eigenvalue weighted by Gasteiger charge is 2.30. The zero-order valence-electron chi connectivity index (χ0n) is 15.7. The largest absolute Gasteiger partial charge is 0.508 e. The Bertz CT molecular complexity index is 413. The molecule has 2 unspecified atom stereocenters. The molecule has 3 aliphatic carbocycles. The van der Waals surface area contributed by atoms with Gasteiger partial charge in [-0.15, -0.1) is 0 Å². The van der Waals surface area contributed by atoms with Crippen molar-refractivity contribution in [1.29, 1.82) is 0 Å². The topological polar surface area (TPSA) is 71.1 Å². The van der Waals surface area contributed by atoms with Crippen molar-refractivity contribution in [2.45, 2.75) is 114 Å². The van der Waals surface area contributed by atoms with Crippen LogP contribution in [0.5, 0.6) is 0 Å². The number of ether oxygens (including phenoxy) is 4. The minimum Gasteiger partial charge on any atom is -0.431 e. The Hall–Kier alpha value is -1.46. The lowest BCUT2D eigenvalue weighted by Crippen LogP contribution is -2.33. The third kappa shape index (κ3) is 6.36. The van der Waals surface area contributed by atoms with Crippen molar-refractivity contribution in [3.63, 3.8) is 0 Å². The summed E-state index contributed by atoms with van der Waals surface area (Å²) in [6.45, 7) is 0. The molecule has 0 saturated heterocycles. The van der Waals surface area contributed by atoms with E-state index in [4.69, 9.17) is 18.9 Å². The molecule has 6 nitrogen and oxygen atoms in total. The summed E-state index contributed by atoms with van der Waals surface area (Å²) in [7, 11) is 0. The predicted octanol–water partition coefficient (Wildman–Crippen LogP) is 5.27. The van der Waals surface area contributed by atoms with E-state index < -0.39 is 12.3 Å². The third-order valence-electron chi connectivity index (χ3n) is 5.73. The van der Waals surface area contributed by atoms with Crippen molar-refractivity contribution < 1.29 is 28.5 Å². The highest BCUT2D eigenvalue weighted by molar-refractivity contribution is 5.61. The molecule has 2 atom stereocenters. The van der Waals surface area contributed by atoms with Crippen LogP contribution in [-0.2, 0) is 18.9 Å². The maximum absolute atomic E-state index is 12.0. The summed E-state index contributed by atoms with van der Waals surface area (Å²) in [4.78, 5) is 24.0. The second-order valence-corrected chi connectivity index (χ2v) is 7.90. The Kier molecular flexibility index (Phi) is 7.44. The maximum Gasteiger partial charge on any atom is 0.508 e. The minimum absolute atomic E-state index is 0.00245. The SMILES string of the molecule is O=C(OC1CCCCC1)OC1CCCC(OC(=O)OC2CCCCC2)C1. The second kappa shape index (κ2) is 10.0. The van der Waals surface area contributed by atoms with Gasteiger partial charge in [0.1, 0.15) is 24.4 Å². The molecule has 0 aliphatic heterocycles. The van der Waals surface area contributed by atoms with Crippen molar-refractivity contribution in [3.8, 4) is 0 Å². The van der Waals surface area contributed by atoms with Crippen molar-refractivity contribution in [1.82, 2.24) is 0 Å². The number of hydrogen-bond acceptors (Lipinski definition) is 6. The second-order valence-electron chi connectivity index (χ2n) is 7.90. The molecule has 148 valence electrons. The predicted molar refractivity (Wildman–Crippen MR) is 94.9 cm³/mol. The van der Waals surface area contributed by atoms with Gasteiger partial charge in [0.05, 0.1) is 0 Å². The first-order valence-electron chi connectivity index (χ1n) is 10.4. The lowest BCUT2D eigenvalue weighted by atomic mass is 9.95. The average molecular weight is 368 g/mol. The van der Waals surface area contributed by atoms with Gasteiger partial charge < -0.3 is 18.9 Å². The summed E-state index contributed by atoms with van der Waals surface area (Å²) < 4.78 is 21.8. The van der Waals surface area contributed by atoms with Crippen LogP contribution in [0.15, 0.2) is 0 Å². The van der Waals surface area contributed by atoms with Crippen LogP contribution < -0.4 is 0 Å². The van der Waals surface area contributed by atoms with E-state index in [0.717, 1.165) is 70.6 Å². The van der Waals surface area contributed by atoms with Crippen LogP contribution in [0.3, 0.4) is 0 Å². The van der Waals surface area contributed by atoms with E-state index in [0.29, 0.717) is 6.42 Å². The van der Waals surface area contributed by atoms with Crippen molar-refractivity contribution in [2.24, 2.45) is 0 Å². The lowest BCUT2D eigenvalue weighted by Gasteiger charge is -2.30. The number of rotatable bonds is 4. The van der Waals surface area contributed by atoms with Gasteiger partial charge in [-0.2, -0.15) is 0 Å². The molecule has 0 radical (unpaired) electrons. The molecule has 6 heteroatoms. The number of carbonyl (C=O) groups is 2. The fraction of sp³-hybridized carbons (Fsp3) is 0.900. The van der Waals surface area contributed by atoms with Crippen molar-refractivity contribution in [2.75, 3.05) is 0 Å². The van der Waals surface area contributed by atoms with Crippen LogP contribution in [0.1, 0.15) is 89.9 Å². The van der Waals surface area contributed by atoms with Crippen LogP contribution in [-0.4, -0.2) is 36.7 Å². The van der Waals surface area contributed by atoms with E-state index in [2.05, 4.69) is 0 Å². The zero-order chi connectivity index (χ0) is 18.2. The highest BCUT2D eigenvalue weighted by atomic mass is 16.7. The Morgan fingerprint density at radius 2 is 0.808 bits per heavy atom. The number of carbonyl (C=O) groups excluding carboxylic acids is 2. The van der Waals surface area contributed by atoms with Crippen molar-refractivity contribution >= 4 is 12.3 Å². The molecule has 0 aromatic rings. The van der Waals surface area contributed by atoms with Gasteiger partial charge >= 0.3 is 12.3 Å². The molecular formula is C20H32O6. The molecule has 0 N–H and O–H groups in total.